The van der Waals surface area contributed by atoms with Gasteiger partial charge in [-0.3, -0.25) is 0 Å². The van der Waals surface area contributed by atoms with Crippen LogP contribution in [0.4, 0.5) is 5.00 Å². The van der Waals surface area contributed by atoms with Gasteiger partial charge >= 0.3 is 5.97 Å². The summed E-state index contributed by atoms with van der Waals surface area (Å²) in [4.78, 5) is 14.9. The van der Waals surface area contributed by atoms with E-state index in [-0.39, 0.29) is 0 Å². The first-order chi connectivity index (χ1) is 11.0. The first-order valence-corrected chi connectivity index (χ1v) is 9.42. The quantitative estimate of drug-likeness (QED) is 0.711. The van der Waals surface area contributed by atoms with Gasteiger partial charge in [-0.25, -0.2) is 4.79 Å². The van der Waals surface area contributed by atoms with Gasteiger partial charge in [0.2, 0.25) is 0 Å². The zero-order valence-corrected chi connectivity index (χ0v) is 16.0. The lowest BCUT2D eigenvalue weighted by atomic mass is 10.1. The molecule has 0 aliphatic carbocycles. The molecule has 2 heterocycles. The van der Waals surface area contributed by atoms with Crippen molar-refractivity contribution >= 4 is 49.6 Å². The van der Waals surface area contributed by atoms with Crippen molar-refractivity contribution in [2.24, 2.45) is 0 Å². The number of halogens is 1. The molecule has 0 amide bonds. The number of nitrogen functional groups attached to an aromatic ring is 1. The highest BCUT2D eigenvalue weighted by atomic mass is 79.9. The molecule has 0 aliphatic rings. The van der Waals surface area contributed by atoms with Crippen molar-refractivity contribution in [3.05, 3.63) is 36.8 Å². The minimum atomic E-state index is -0.410. The van der Waals surface area contributed by atoms with E-state index in [1.807, 2.05) is 13.1 Å². The van der Waals surface area contributed by atoms with E-state index in [1.54, 1.807) is 18.3 Å². The number of nitriles is 1. The Morgan fingerprint density at radius 1 is 1.43 bits per heavy atom. The van der Waals surface area contributed by atoms with E-state index in [1.165, 1.54) is 9.78 Å². The van der Waals surface area contributed by atoms with Crippen LogP contribution >= 0.6 is 38.6 Å². The summed E-state index contributed by atoms with van der Waals surface area (Å²) in [5.74, 6) is -0.410. The fourth-order valence-corrected chi connectivity index (χ4v) is 4.77. The molecule has 0 fully saturated rings. The van der Waals surface area contributed by atoms with Gasteiger partial charge in [0.1, 0.15) is 29.0 Å². The molecule has 2 aromatic rings. The molecule has 1 atom stereocenters. The van der Waals surface area contributed by atoms with E-state index in [4.69, 9.17) is 10.5 Å². The van der Waals surface area contributed by atoms with Gasteiger partial charge in [-0.15, -0.1) is 22.7 Å². The van der Waals surface area contributed by atoms with Crippen molar-refractivity contribution in [1.29, 1.82) is 5.26 Å². The van der Waals surface area contributed by atoms with Crippen LogP contribution in [0.15, 0.2) is 15.9 Å². The number of rotatable bonds is 6. The molecule has 0 bridgehead atoms. The summed E-state index contributed by atoms with van der Waals surface area (Å²) in [5, 5.41) is 9.71. The molecular formula is C15H17BrN3O2S2+. The summed E-state index contributed by atoms with van der Waals surface area (Å²) in [6.45, 7) is 3.40. The van der Waals surface area contributed by atoms with E-state index in [0.717, 1.165) is 21.7 Å². The molecule has 0 spiro atoms. The average molecular weight is 415 g/mol. The molecule has 0 saturated carbocycles. The molecule has 2 rings (SSSR count). The standard InChI is InChI=1S/C15H16BrN3O2S2/c1-3-21-15(20)13-11(10(6-17)14(18)23-13)8-19(2)7-9-4-5-12(16)22-9/h4-5H,3,7-8,18H2,1-2H3/p+1. The fourth-order valence-electron chi connectivity index (χ4n) is 2.25. The summed E-state index contributed by atoms with van der Waals surface area (Å²) in [5.41, 5.74) is 6.97. The number of esters is 1. The molecule has 0 saturated heterocycles. The lowest BCUT2D eigenvalue weighted by Gasteiger charge is -2.13. The Bertz CT molecular complexity index is 748. The van der Waals surface area contributed by atoms with Gasteiger partial charge < -0.3 is 15.4 Å². The maximum atomic E-state index is 12.1. The molecule has 8 heteroatoms. The van der Waals surface area contributed by atoms with Gasteiger partial charge in [-0.2, -0.15) is 5.26 Å². The third-order valence-corrected chi connectivity index (χ3v) is 5.86. The summed E-state index contributed by atoms with van der Waals surface area (Å²) in [7, 11) is 2.03. The van der Waals surface area contributed by atoms with Crippen LogP contribution in [-0.2, 0) is 17.8 Å². The Morgan fingerprint density at radius 2 is 2.17 bits per heavy atom. The van der Waals surface area contributed by atoms with Crippen molar-refractivity contribution in [3.63, 3.8) is 0 Å². The molecule has 0 radical (unpaired) electrons. The van der Waals surface area contributed by atoms with Crippen molar-refractivity contribution in [1.82, 2.24) is 0 Å². The Morgan fingerprint density at radius 3 is 2.74 bits per heavy atom. The Kier molecular flexibility index (Phi) is 6.18. The number of carbonyl (C=O) groups excluding carboxylic acids is 1. The highest BCUT2D eigenvalue weighted by Crippen LogP contribution is 2.31. The van der Waals surface area contributed by atoms with Crippen LogP contribution in [0, 0.1) is 11.3 Å². The number of nitrogens with one attached hydrogen (secondary N) is 1. The first kappa shape index (κ1) is 17.9. The van der Waals surface area contributed by atoms with Crippen molar-refractivity contribution in [2.45, 2.75) is 20.0 Å². The number of quaternary nitrogens is 1. The van der Waals surface area contributed by atoms with Crippen molar-refractivity contribution in [3.8, 4) is 6.07 Å². The highest BCUT2D eigenvalue weighted by molar-refractivity contribution is 9.11. The van der Waals surface area contributed by atoms with Gasteiger partial charge in [0.05, 0.1) is 33.4 Å². The minimum absolute atomic E-state index is 0.296. The van der Waals surface area contributed by atoms with Crippen LogP contribution in [0.3, 0.4) is 0 Å². The zero-order chi connectivity index (χ0) is 17.0. The number of thiophene rings is 2. The topological polar surface area (TPSA) is 80.5 Å². The SMILES string of the molecule is CCOC(=O)c1sc(N)c(C#N)c1C[NH+](C)Cc1ccc(Br)s1. The van der Waals surface area contributed by atoms with Crippen LogP contribution in [-0.4, -0.2) is 19.6 Å². The van der Waals surface area contributed by atoms with Gasteiger partial charge in [-0.05, 0) is 35.0 Å². The van der Waals surface area contributed by atoms with Crippen LogP contribution in [0.1, 0.15) is 32.6 Å². The maximum absolute atomic E-state index is 12.1. The highest BCUT2D eigenvalue weighted by Gasteiger charge is 2.25. The van der Waals surface area contributed by atoms with Crippen molar-refractivity contribution in [2.75, 3.05) is 19.4 Å². The third kappa shape index (κ3) is 4.32. The van der Waals surface area contributed by atoms with Gasteiger partial charge in [-0.1, -0.05) is 0 Å². The number of hydrogen-bond donors (Lipinski definition) is 2. The lowest BCUT2D eigenvalue weighted by Crippen LogP contribution is -3.06. The van der Waals surface area contributed by atoms with E-state index < -0.39 is 5.97 Å². The molecule has 122 valence electrons. The molecule has 2 aromatic heterocycles. The number of carbonyl (C=O) groups is 1. The summed E-state index contributed by atoms with van der Waals surface area (Å²) < 4.78 is 6.17. The molecule has 0 aliphatic heterocycles. The molecular weight excluding hydrogens is 398 g/mol. The number of hydrogen-bond acceptors (Lipinski definition) is 6. The smallest absolute Gasteiger partial charge is 0.348 e. The lowest BCUT2D eigenvalue weighted by molar-refractivity contribution is -0.907. The number of nitrogens with zero attached hydrogens (tertiary/aromatic N) is 1. The molecule has 1 unspecified atom stereocenters. The Hall–Kier alpha value is -1.40. The van der Waals surface area contributed by atoms with Gasteiger partial charge in [0.15, 0.2) is 0 Å². The second kappa shape index (κ2) is 7.93. The summed E-state index contributed by atoms with van der Waals surface area (Å²) >= 11 is 6.26. The third-order valence-electron chi connectivity index (χ3n) is 3.19. The van der Waals surface area contributed by atoms with Gasteiger partial charge in [0.25, 0.3) is 0 Å². The first-order valence-electron chi connectivity index (χ1n) is 7.00. The summed E-state index contributed by atoms with van der Waals surface area (Å²) in [6.07, 6.45) is 0. The minimum Gasteiger partial charge on any atom is -0.462 e. The Labute approximate surface area is 151 Å². The second-order valence-corrected chi connectivity index (χ2v) is 8.60. The van der Waals surface area contributed by atoms with E-state index >= 15 is 0 Å². The molecule has 0 aromatic carbocycles. The zero-order valence-electron chi connectivity index (χ0n) is 12.8. The largest absolute Gasteiger partial charge is 0.462 e. The molecule has 3 N–H and O–H groups in total. The molecule has 5 nitrogen and oxygen atoms in total. The predicted molar refractivity (Wildman–Crippen MR) is 95.7 cm³/mol. The van der Waals surface area contributed by atoms with E-state index in [9.17, 15) is 10.1 Å². The number of ether oxygens (including phenoxy) is 1. The van der Waals surface area contributed by atoms with Crippen LogP contribution in [0.25, 0.3) is 0 Å². The number of anilines is 1. The predicted octanol–water partition coefficient (Wildman–Crippen LogP) is 2.42. The fraction of sp³-hybridized carbons (Fsp3) is 0.333. The van der Waals surface area contributed by atoms with Gasteiger partial charge in [0, 0.05) is 0 Å². The van der Waals surface area contributed by atoms with E-state index in [2.05, 4.69) is 28.1 Å². The monoisotopic (exact) mass is 414 g/mol. The normalized spacial score (nSPS) is 11.9. The maximum Gasteiger partial charge on any atom is 0.348 e. The number of nitrogens with two attached hydrogens (primary N) is 1. The summed E-state index contributed by atoms with van der Waals surface area (Å²) in [6, 6.07) is 6.20. The van der Waals surface area contributed by atoms with Crippen LogP contribution in [0.5, 0.6) is 0 Å². The average Bonchev–Trinajstić information content (AvgIpc) is 3.02. The van der Waals surface area contributed by atoms with Crippen LogP contribution < -0.4 is 10.6 Å². The van der Waals surface area contributed by atoms with E-state index in [0.29, 0.717) is 34.2 Å². The Balaban J connectivity index is 2.23. The van der Waals surface area contributed by atoms with Crippen LogP contribution in [0.2, 0.25) is 0 Å². The second-order valence-electron chi connectivity index (χ2n) is 5.00. The van der Waals surface area contributed by atoms with Crippen molar-refractivity contribution < 1.29 is 14.4 Å². The molecule has 23 heavy (non-hydrogen) atoms.